The number of benzene rings is 2. The van der Waals surface area contributed by atoms with Crippen LogP contribution in [-0.2, 0) is 38.1 Å². The fourth-order valence-electron chi connectivity index (χ4n) is 7.10. The van der Waals surface area contributed by atoms with Crippen LogP contribution in [0.2, 0.25) is 0 Å². The normalized spacial score (nSPS) is 26.1. The molecule has 226 valence electrons. The lowest BCUT2D eigenvalue weighted by Gasteiger charge is -2.45. The largest absolute Gasteiger partial charge is 0.416 e. The van der Waals surface area contributed by atoms with E-state index in [0.29, 0.717) is 43.5 Å². The van der Waals surface area contributed by atoms with Crippen LogP contribution in [0, 0.1) is 17.2 Å². The highest BCUT2D eigenvalue weighted by atomic mass is 19.4. The third-order valence-corrected chi connectivity index (χ3v) is 9.32. The second kappa shape index (κ2) is 10.7. The summed E-state index contributed by atoms with van der Waals surface area (Å²) >= 11 is 0. The molecule has 2 aliphatic heterocycles. The van der Waals surface area contributed by atoms with Crippen molar-refractivity contribution < 1.29 is 22.4 Å². The van der Waals surface area contributed by atoms with Crippen LogP contribution in [0.4, 0.5) is 23.2 Å². The van der Waals surface area contributed by atoms with E-state index < -0.39 is 28.7 Å². The molecule has 6 rings (SSSR count). The minimum absolute atomic E-state index is 0.0371. The first-order valence-electron chi connectivity index (χ1n) is 14.7. The number of fused-ring (bicyclic) bond motifs is 1. The number of likely N-dealkylation sites (tertiary alicyclic amines) is 1. The number of hydrogen-bond acceptors (Lipinski definition) is 5. The number of carbonyl (C=O) groups is 1. The number of nitriles is 1. The van der Waals surface area contributed by atoms with E-state index in [1.54, 1.807) is 18.5 Å². The molecule has 1 saturated carbocycles. The van der Waals surface area contributed by atoms with Crippen LogP contribution >= 0.6 is 0 Å². The Morgan fingerprint density at radius 1 is 1.16 bits per heavy atom. The molecule has 1 aliphatic carbocycles. The van der Waals surface area contributed by atoms with Gasteiger partial charge in [-0.05, 0) is 86.5 Å². The maximum Gasteiger partial charge on any atom is 0.416 e. The van der Waals surface area contributed by atoms with E-state index in [1.807, 2.05) is 34.7 Å². The minimum Gasteiger partial charge on any atom is -0.321 e. The van der Waals surface area contributed by atoms with E-state index in [9.17, 15) is 27.6 Å². The summed E-state index contributed by atoms with van der Waals surface area (Å²) in [6.07, 6.45) is 0.672. The average molecular weight is 595 g/mol. The van der Waals surface area contributed by atoms with Crippen molar-refractivity contribution in [1.82, 2.24) is 19.7 Å². The lowest BCUT2D eigenvalue weighted by molar-refractivity contribution is -0.138. The Morgan fingerprint density at radius 2 is 1.95 bits per heavy atom. The second-order valence-electron chi connectivity index (χ2n) is 12.7. The summed E-state index contributed by atoms with van der Waals surface area (Å²) in [5.41, 5.74) is -0.853. The summed E-state index contributed by atoms with van der Waals surface area (Å²) in [7, 11) is 1.86. The number of carbonyl (C=O) groups excluding carboxylic acids is 1. The third-order valence-electron chi connectivity index (χ3n) is 9.32. The molecule has 1 aromatic heterocycles. The molecule has 3 aromatic rings. The van der Waals surface area contributed by atoms with Gasteiger partial charge in [-0.3, -0.25) is 9.69 Å². The van der Waals surface area contributed by atoms with E-state index in [-0.39, 0.29) is 36.7 Å². The lowest BCUT2D eigenvalue weighted by atomic mass is 9.57. The van der Waals surface area contributed by atoms with E-state index in [0.717, 1.165) is 30.3 Å². The van der Waals surface area contributed by atoms with Crippen molar-refractivity contribution >= 4 is 11.6 Å². The fraction of sp³-hybridized carbons (Fsp3) is 0.500. The van der Waals surface area contributed by atoms with E-state index in [2.05, 4.69) is 16.3 Å². The molecular formula is C32H34F4N6O. The third kappa shape index (κ3) is 5.65. The summed E-state index contributed by atoms with van der Waals surface area (Å²) in [6.45, 7) is 2.21. The van der Waals surface area contributed by atoms with Crippen LogP contribution in [0.5, 0.6) is 0 Å². The topological polar surface area (TPSA) is 78.1 Å². The summed E-state index contributed by atoms with van der Waals surface area (Å²) < 4.78 is 59.8. The maximum absolute atomic E-state index is 14.9. The molecule has 2 fully saturated rings. The Morgan fingerprint density at radius 3 is 2.65 bits per heavy atom. The van der Waals surface area contributed by atoms with Gasteiger partial charge in [0.15, 0.2) is 0 Å². The fourth-order valence-corrected chi connectivity index (χ4v) is 7.10. The zero-order valence-corrected chi connectivity index (χ0v) is 24.3. The summed E-state index contributed by atoms with van der Waals surface area (Å²) in [5, 5.41) is 17.7. The zero-order chi connectivity index (χ0) is 30.6. The first kappa shape index (κ1) is 29.3. The number of nitrogens with zero attached hydrogens (tertiary/aromatic N) is 6. The highest BCUT2D eigenvalue weighted by Crippen LogP contribution is 2.50. The first-order chi connectivity index (χ1) is 20.4. The van der Waals surface area contributed by atoms with Crippen molar-refractivity contribution in [2.75, 3.05) is 18.0 Å². The van der Waals surface area contributed by atoms with Crippen molar-refractivity contribution in [1.29, 1.82) is 5.26 Å². The van der Waals surface area contributed by atoms with Gasteiger partial charge in [-0.15, -0.1) is 10.2 Å². The van der Waals surface area contributed by atoms with Crippen molar-refractivity contribution in [3.63, 3.8) is 0 Å². The molecule has 0 bridgehead atoms. The second-order valence-corrected chi connectivity index (χ2v) is 12.7. The molecule has 0 N–H and O–H groups in total. The van der Waals surface area contributed by atoms with E-state index in [1.165, 1.54) is 11.8 Å². The van der Waals surface area contributed by atoms with Crippen LogP contribution in [-0.4, -0.2) is 44.3 Å². The molecular weight excluding hydrogens is 560 g/mol. The maximum atomic E-state index is 14.9. The van der Waals surface area contributed by atoms with E-state index >= 15 is 0 Å². The summed E-state index contributed by atoms with van der Waals surface area (Å²) in [6, 6.07) is 12.4. The Bertz CT molecular complexity index is 1580. The number of halogens is 4. The monoisotopic (exact) mass is 594 g/mol. The molecule has 2 aromatic carbocycles. The van der Waals surface area contributed by atoms with Crippen LogP contribution in [0.15, 0.2) is 42.7 Å². The van der Waals surface area contributed by atoms with Gasteiger partial charge in [-0.2, -0.15) is 18.4 Å². The van der Waals surface area contributed by atoms with Crippen molar-refractivity contribution in [2.45, 2.75) is 75.8 Å². The predicted octanol–water partition coefficient (Wildman–Crippen LogP) is 6.12. The van der Waals surface area contributed by atoms with Crippen LogP contribution < -0.4 is 4.90 Å². The molecule has 0 radical (unpaired) electrons. The average Bonchev–Trinajstić information content (AvgIpc) is 3.43. The lowest BCUT2D eigenvalue weighted by Crippen LogP contribution is -2.43. The van der Waals surface area contributed by atoms with Crippen LogP contribution in [0.25, 0.3) is 0 Å². The molecule has 7 nitrogen and oxygen atoms in total. The standard InChI is InChI=1S/C32H34F4N6O/c1-30(33)8-3-4-9-41(19-30)17-21-10-25-26(27(11-21)32(34,35)36)18-42(29(25)43)24-7-5-6-23(12-24)31(13-22(14-31)16-37)15-28-39-38-20-40(28)2/h5-7,10-12,20,22H,3-4,8-9,13-15,17-19H2,1-2H3/t22?,30-,31?/m1/s1. The van der Waals surface area contributed by atoms with Crippen LogP contribution in [0.1, 0.15) is 77.5 Å². The van der Waals surface area contributed by atoms with Gasteiger partial charge in [0.25, 0.3) is 5.91 Å². The SMILES string of the molecule is Cn1cnnc1CC1(c2cccc(N3Cc4c(cc(CN5CCCC[C@@](C)(F)C5)cc4C(F)(F)F)C3=O)c2)CC(C#N)C1. The quantitative estimate of drug-likeness (QED) is 0.321. The zero-order valence-electron chi connectivity index (χ0n) is 24.3. The number of hydrogen-bond donors (Lipinski definition) is 0. The minimum atomic E-state index is -4.65. The summed E-state index contributed by atoms with van der Waals surface area (Å²) in [5.74, 6) is 0.171. The van der Waals surface area contributed by atoms with Gasteiger partial charge in [0.1, 0.15) is 17.8 Å². The number of aromatic nitrogens is 3. The Kier molecular flexibility index (Phi) is 7.32. The first-order valence-corrected chi connectivity index (χ1v) is 14.7. The Labute approximate surface area is 248 Å². The van der Waals surface area contributed by atoms with E-state index in [4.69, 9.17) is 0 Å². The van der Waals surface area contributed by atoms with Crippen molar-refractivity contribution in [2.24, 2.45) is 13.0 Å². The molecule has 0 unspecified atom stereocenters. The van der Waals surface area contributed by atoms with Crippen molar-refractivity contribution in [3.8, 4) is 6.07 Å². The number of aryl methyl sites for hydroxylation is 1. The molecule has 0 spiro atoms. The van der Waals surface area contributed by atoms with Gasteiger partial charge in [0, 0.05) is 49.1 Å². The van der Waals surface area contributed by atoms with Gasteiger partial charge in [-0.25, -0.2) is 4.39 Å². The van der Waals surface area contributed by atoms with Gasteiger partial charge in [0.2, 0.25) is 0 Å². The molecule has 3 aliphatic rings. The molecule has 1 amide bonds. The highest BCUT2D eigenvalue weighted by Gasteiger charge is 2.47. The Hall–Kier alpha value is -3.78. The molecule has 43 heavy (non-hydrogen) atoms. The molecule has 11 heteroatoms. The number of rotatable bonds is 6. The summed E-state index contributed by atoms with van der Waals surface area (Å²) in [4.78, 5) is 17.0. The highest BCUT2D eigenvalue weighted by molar-refractivity contribution is 6.10. The van der Waals surface area contributed by atoms with Crippen molar-refractivity contribution in [3.05, 3.63) is 76.4 Å². The number of amides is 1. The Balaban J connectivity index is 1.31. The smallest absolute Gasteiger partial charge is 0.321 e. The van der Waals surface area contributed by atoms with Gasteiger partial charge in [0.05, 0.1) is 18.2 Å². The van der Waals surface area contributed by atoms with Gasteiger partial charge in [-0.1, -0.05) is 12.1 Å². The van der Waals surface area contributed by atoms with Gasteiger partial charge >= 0.3 is 6.18 Å². The number of anilines is 1. The van der Waals surface area contributed by atoms with Crippen LogP contribution in [0.3, 0.4) is 0 Å². The molecule has 1 saturated heterocycles. The molecule has 3 heterocycles. The number of alkyl halides is 4. The predicted molar refractivity (Wildman–Crippen MR) is 152 cm³/mol. The van der Waals surface area contributed by atoms with Gasteiger partial charge < -0.3 is 9.47 Å². The molecule has 1 atom stereocenters.